The van der Waals surface area contributed by atoms with Crippen molar-refractivity contribution in [3.63, 3.8) is 0 Å². The number of hydrogen-bond donors (Lipinski definition) is 9. The molecule has 15 heteroatoms. The minimum Gasteiger partial charge on any atom is -0.508 e. The zero-order valence-electron chi connectivity index (χ0n) is 22.1. The van der Waals surface area contributed by atoms with Crippen LogP contribution in [0.15, 0.2) is 48.5 Å². The lowest BCUT2D eigenvalue weighted by atomic mass is 9.98. The van der Waals surface area contributed by atoms with Crippen LogP contribution in [-0.2, 0) is 25.4 Å². The van der Waals surface area contributed by atoms with Crippen molar-refractivity contribution in [3.05, 3.63) is 65.2 Å². The van der Waals surface area contributed by atoms with Crippen molar-refractivity contribution < 1.29 is 74.5 Å². The minimum atomic E-state index is -1.87. The molecule has 1 heterocycles. The first kappa shape index (κ1) is 31.0. The molecule has 0 unspecified atom stereocenters. The fourth-order valence-electron chi connectivity index (χ4n) is 4.16. The number of carbonyl (C=O) groups is 2. The van der Waals surface area contributed by atoms with Crippen molar-refractivity contribution in [2.75, 3.05) is 13.2 Å². The predicted molar refractivity (Wildman–Crippen MR) is 141 cm³/mol. The predicted octanol–water partition coefficient (Wildman–Crippen LogP) is 0.714. The molecular formula is C28H28O15. The summed E-state index contributed by atoms with van der Waals surface area (Å²) in [5, 5.41) is 88.9. The van der Waals surface area contributed by atoms with Crippen LogP contribution < -0.4 is 0 Å². The van der Waals surface area contributed by atoms with E-state index in [-0.39, 0.29) is 17.9 Å². The van der Waals surface area contributed by atoms with Crippen molar-refractivity contribution in [2.24, 2.45) is 0 Å². The first-order chi connectivity index (χ1) is 20.3. The summed E-state index contributed by atoms with van der Waals surface area (Å²) in [6, 6.07) is 9.39. The molecule has 9 N–H and O–H groups in total. The number of esters is 2. The van der Waals surface area contributed by atoms with Gasteiger partial charge in [-0.2, -0.15) is 0 Å². The van der Waals surface area contributed by atoms with Gasteiger partial charge in [0.1, 0.15) is 30.7 Å². The molecule has 0 amide bonds. The monoisotopic (exact) mass is 604 g/mol. The molecule has 4 rings (SSSR count). The molecule has 3 aromatic rings. The lowest BCUT2D eigenvalue weighted by molar-refractivity contribution is -0.299. The molecule has 15 nitrogen and oxygen atoms in total. The van der Waals surface area contributed by atoms with E-state index in [1.54, 1.807) is 12.1 Å². The van der Waals surface area contributed by atoms with E-state index in [2.05, 4.69) is 0 Å². The Bertz CT molecular complexity index is 1430. The van der Waals surface area contributed by atoms with Crippen LogP contribution in [0, 0.1) is 0 Å². The number of phenols is 7. The molecule has 5 atom stereocenters. The second-order valence-corrected chi connectivity index (χ2v) is 9.51. The number of benzene rings is 3. The fraction of sp³-hybridized carbons (Fsp3) is 0.286. The summed E-state index contributed by atoms with van der Waals surface area (Å²) in [5.41, 5.74) is -0.0660. The smallest absolute Gasteiger partial charge is 0.338 e. The molecule has 0 radical (unpaired) electrons. The van der Waals surface area contributed by atoms with Crippen molar-refractivity contribution in [2.45, 2.75) is 37.1 Å². The summed E-state index contributed by atoms with van der Waals surface area (Å²) < 4.78 is 21.7. The summed E-state index contributed by atoms with van der Waals surface area (Å²) in [6.45, 7) is -0.763. The average molecular weight is 605 g/mol. The number of aliphatic hydroxyl groups excluding tert-OH is 2. The maximum Gasteiger partial charge on any atom is 0.338 e. The SMILES string of the molecule is O=C(OC[C@H]1O[C@@H](OCCc2ccc(O)cc2)[C@H](O)[C@@H](O)[C@@H]1OC(=O)c1cc(O)c(O)c(O)c1)c1cc(O)c(O)c(O)c1. The van der Waals surface area contributed by atoms with Gasteiger partial charge in [0.05, 0.1) is 17.7 Å². The molecule has 1 aliphatic rings. The van der Waals surface area contributed by atoms with Crippen molar-refractivity contribution in [1.82, 2.24) is 0 Å². The molecule has 0 aliphatic carbocycles. The molecule has 0 bridgehead atoms. The Hall–Kier alpha value is -4.96. The standard InChI is InChI=1S/C28H28O15/c29-15-3-1-12(2-4-15)5-6-40-28-24(37)23(36)25(43-27(39)14-9-18(32)22(35)19(33)10-14)20(42-28)11-41-26(38)13-7-16(30)21(34)17(31)8-13/h1-4,7-10,20,23-25,28-37H,5-6,11H2/t20-,23-,24-,25-,28-/m1/s1. The zero-order chi connectivity index (χ0) is 31.4. The average Bonchev–Trinajstić information content (AvgIpc) is 2.97. The van der Waals surface area contributed by atoms with E-state index in [0.29, 0.717) is 6.42 Å². The van der Waals surface area contributed by atoms with E-state index < -0.39 is 89.3 Å². The highest BCUT2D eigenvalue weighted by Gasteiger charge is 2.48. The van der Waals surface area contributed by atoms with Crippen molar-refractivity contribution in [3.8, 4) is 40.2 Å². The summed E-state index contributed by atoms with van der Waals surface area (Å²) in [5.74, 6) is -7.37. The van der Waals surface area contributed by atoms with Crippen LogP contribution in [-0.4, -0.2) is 102 Å². The number of ether oxygens (including phenoxy) is 4. The molecular weight excluding hydrogens is 576 g/mol. The quantitative estimate of drug-likeness (QED) is 0.120. The lowest BCUT2D eigenvalue weighted by Gasteiger charge is -2.41. The summed E-state index contributed by atoms with van der Waals surface area (Å²) >= 11 is 0. The van der Waals surface area contributed by atoms with E-state index in [4.69, 9.17) is 18.9 Å². The fourth-order valence-corrected chi connectivity index (χ4v) is 4.16. The first-order valence-electron chi connectivity index (χ1n) is 12.6. The van der Waals surface area contributed by atoms with E-state index in [9.17, 15) is 55.5 Å². The number of aromatic hydroxyl groups is 7. The number of hydrogen-bond acceptors (Lipinski definition) is 15. The van der Waals surface area contributed by atoms with Gasteiger partial charge < -0.3 is 64.9 Å². The van der Waals surface area contributed by atoms with E-state index in [1.165, 1.54) is 12.1 Å². The Morgan fingerprint density at radius 2 is 1.23 bits per heavy atom. The van der Waals surface area contributed by atoms with E-state index in [1.807, 2.05) is 0 Å². The molecule has 230 valence electrons. The van der Waals surface area contributed by atoms with E-state index in [0.717, 1.165) is 29.8 Å². The van der Waals surface area contributed by atoms with Gasteiger partial charge >= 0.3 is 11.9 Å². The highest BCUT2D eigenvalue weighted by atomic mass is 16.7. The van der Waals surface area contributed by atoms with Crippen LogP contribution in [0.2, 0.25) is 0 Å². The van der Waals surface area contributed by atoms with Gasteiger partial charge in [0.2, 0.25) is 0 Å². The molecule has 0 spiro atoms. The molecule has 3 aromatic carbocycles. The Balaban J connectivity index is 1.51. The maximum atomic E-state index is 12.8. The second-order valence-electron chi connectivity index (χ2n) is 9.51. The van der Waals surface area contributed by atoms with Gasteiger partial charge in [0, 0.05) is 0 Å². The normalized spacial score (nSPS) is 21.7. The third-order valence-corrected chi connectivity index (χ3v) is 6.48. The van der Waals surface area contributed by atoms with Crippen LogP contribution >= 0.6 is 0 Å². The van der Waals surface area contributed by atoms with Crippen LogP contribution in [0.1, 0.15) is 26.3 Å². The summed E-state index contributed by atoms with van der Waals surface area (Å²) in [7, 11) is 0. The van der Waals surface area contributed by atoms with Gasteiger partial charge in [-0.05, 0) is 48.4 Å². The Morgan fingerprint density at radius 3 is 1.77 bits per heavy atom. The highest BCUT2D eigenvalue weighted by molar-refractivity contribution is 5.92. The molecule has 1 fully saturated rings. The van der Waals surface area contributed by atoms with Crippen LogP contribution in [0.4, 0.5) is 0 Å². The Kier molecular flexibility index (Phi) is 9.30. The van der Waals surface area contributed by atoms with Crippen molar-refractivity contribution >= 4 is 11.9 Å². The largest absolute Gasteiger partial charge is 0.508 e. The van der Waals surface area contributed by atoms with Gasteiger partial charge in [-0.25, -0.2) is 9.59 Å². The Morgan fingerprint density at radius 1 is 0.721 bits per heavy atom. The van der Waals surface area contributed by atoms with Gasteiger partial charge in [-0.1, -0.05) is 12.1 Å². The maximum absolute atomic E-state index is 12.8. The number of aliphatic hydroxyl groups is 2. The Labute approximate surface area is 242 Å². The molecule has 1 saturated heterocycles. The molecule has 43 heavy (non-hydrogen) atoms. The third-order valence-electron chi connectivity index (χ3n) is 6.48. The summed E-state index contributed by atoms with van der Waals surface area (Å²) in [4.78, 5) is 25.4. The first-order valence-corrected chi connectivity index (χ1v) is 12.6. The molecule has 1 aliphatic heterocycles. The summed E-state index contributed by atoms with van der Waals surface area (Å²) in [6.07, 6.45) is -8.05. The minimum absolute atomic E-state index is 0.0334. The van der Waals surface area contributed by atoms with Crippen LogP contribution in [0.5, 0.6) is 40.2 Å². The number of rotatable bonds is 9. The third kappa shape index (κ3) is 7.10. The number of phenolic OH excluding ortho intramolecular Hbond substituents is 7. The van der Waals surface area contributed by atoms with Gasteiger partial charge in [-0.3, -0.25) is 0 Å². The van der Waals surface area contributed by atoms with Gasteiger partial charge in [0.25, 0.3) is 0 Å². The zero-order valence-corrected chi connectivity index (χ0v) is 22.1. The second kappa shape index (κ2) is 12.9. The van der Waals surface area contributed by atoms with Gasteiger partial charge in [-0.15, -0.1) is 0 Å². The topological polar surface area (TPSA) is 253 Å². The van der Waals surface area contributed by atoms with Gasteiger partial charge in [0.15, 0.2) is 46.9 Å². The van der Waals surface area contributed by atoms with Crippen LogP contribution in [0.3, 0.4) is 0 Å². The number of carbonyl (C=O) groups excluding carboxylic acids is 2. The molecule has 0 aromatic heterocycles. The van der Waals surface area contributed by atoms with Crippen LogP contribution in [0.25, 0.3) is 0 Å². The van der Waals surface area contributed by atoms with E-state index >= 15 is 0 Å². The molecule has 0 saturated carbocycles. The lowest BCUT2D eigenvalue weighted by Crippen LogP contribution is -2.60. The highest BCUT2D eigenvalue weighted by Crippen LogP contribution is 2.37. The van der Waals surface area contributed by atoms with Crippen molar-refractivity contribution in [1.29, 1.82) is 0 Å².